The van der Waals surface area contributed by atoms with Gasteiger partial charge in [-0.15, -0.1) is 0 Å². The van der Waals surface area contributed by atoms with Crippen LogP contribution in [0.1, 0.15) is 27.9 Å². The van der Waals surface area contributed by atoms with Gasteiger partial charge in [0.25, 0.3) is 0 Å². The van der Waals surface area contributed by atoms with Crippen LogP contribution in [-0.4, -0.2) is 30.6 Å². The third-order valence-corrected chi connectivity index (χ3v) is 2.78. The molecule has 5 nitrogen and oxygen atoms in total. The zero-order valence-corrected chi connectivity index (χ0v) is 10.8. The minimum Gasteiger partial charge on any atom is -0.478 e. The first-order chi connectivity index (χ1) is 8.45. The van der Waals surface area contributed by atoms with Crippen molar-refractivity contribution in [1.82, 2.24) is 5.32 Å². The van der Waals surface area contributed by atoms with Crippen molar-refractivity contribution in [3.63, 3.8) is 0 Å². The zero-order chi connectivity index (χ0) is 13.7. The van der Waals surface area contributed by atoms with Crippen LogP contribution in [0.25, 0.3) is 0 Å². The van der Waals surface area contributed by atoms with E-state index in [1.165, 1.54) is 6.07 Å². The Morgan fingerprint density at radius 1 is 1.28 bits per heavy atom. The number of carboxylic acid groups (broad SMARTS) is 1. The van der Waals surface area contributed by atoms with Crippen molar-refractivity contribution in [2.24, 2.45) is 0 Å². The summed E-state index contributed by atoms with van der Waals surface area (Å²) in [5.41, 5.74) is 2.31. The van der Waals surface area contributed by atoms with Crippen molar-refractivity contribution >= 4 is 17.6 Å². The lowest BCUT2D eigenvalue weighted by Gasteiger charge is -2.10. The van der Waals surface area contributed by atoms with Crippen LogP contribution < -0.4 is 10.6 Å². The van der Waals surface area contributed by atoms with E-state index in [1.54, 1.807) is 20.0 Å². The van der Waals surface area contributed by atoms with Gasteiger partial charge in [-0.05, 0) is 44.2 Å². The zero-order valence-electron chi connectivity index (χ0n) is 10.8. The van der Waals surface area contributed by atoms with Crippen LogP contribution in [0, 0.1) is 13.8 Å². The molecule has 0 aliphatic heterocycles. The topological polar surface area (TPSA) is 78.4 Å². The lowest BCUT2D eigenvalue weighted by Crippen LogP contribution is -2.19. The summed E-state index contributed by atoms with van der Waals surface area (Å²) in [5.74, 6) is -1.12. The molecule has 1 amide bonds. The van der Waals surface area contributed by atoms with Crippen LogP contribution in [0.2, 0.25) is 0 Å². The van der Waals surface area contributed by atoms with Gasteiger partial charge in [-0.1, -0.05) is 0 Å². The summed E-state index contributed by atoms with van der Waals surface area (Å²) >= 11 is 0. The molecule has 0 unspecified atom stereocenters. The molecule has 0 atom stereocenters. The molecule has 18 heavy (non-hydrogen) atoms. The van der Waals surface area contributed by atoms with Crippen LogP contribution in [0.3, 0.4) is 0 Å². The van der Waals surface area contributed by atoms with Crippen LogP contribution in [0.15, 0.2) is 12.1 Å². The molecule has 1 aromatic rings. The number of carbonyl (C=O) groups is 2. The molecule has 1 rings (SSSR count). The molecule has 0 saturated carbocycles. The van der Waals surface area contributed by atoms with Gasteiger partial charge in [-0.3, -0.25) is 4.79 Å². The van der Waals surface area contributed by atoms with Gasteiger partial charge in [-0.25, -0.2) is 4.79 Å². The highest BCUT2D eigenvalue weighted by molar-refractivity contribution is 5.95. The molecule has 1 aromatic carbocycles. The Labute approximate surface area is 106 Å². The lowest BCUT2D eigenvalue weighted by molar-refractivity contribution is -0.116. The van der Waals surface area contributed by atoms with Crippen LogP contribution in [0.4, 0.5) is 5.69 Å². The van der Waals surface area contributed by atoms with E-state index >= 15 is 0 Å². The highest BCUT2D eigenvalue weighted by Crippen LogP contribution is 2.20. The predicted octanol–water partition coefficient (Wildman–Crippen LogP) is 1.55. The summed E-state index contributed by atoms with van der Waals surface area (Å²) in [5, 5.41) is 14.6. The van der Waals surface area contributed by atoms with Crippen molar-refractivity contribution in [2.75, 3.05) is 18.9 Å². The summed E-state index contributed by atoms with van der Waals surface area (Å²) < 4.78 is 0. The second-order valence-electron chi connectivity index (χ2n) is 4.17. The maximum Gasteiger partial charge on any atom is 0.336 e. The summed E-state index contributed by atoms with van der Waals surface area (Å²) in [6.07, 6.45) is 0.353. The average Bonchev–Trinajstić information content (AvgIpc) is 2.30. The molecule has 3 N–H and O–H groups in total. The molecule has 0 aromatic heterocycles. The van der Waals surface area contributed by atoms with Crippen LogP contribution in [-0.2, 0) is 4.79 Å². The van der Waals surface area contributed by atoms with E-state index < -0.39 is 5.97 Å². The summed E-state index contributed by atoms with van der Waals surface area (Å²) in [4.78, 5) is 22.6. The molecule has 0 saturated heterocycles. The number of aryl methyl sites for hydroxylation is 1. The minimum atomic E-state index is -0.984. The first-order valence-electron chi connectivity index (χ1n) is 5.74. The Bertz CT molecular complexity index is 470. The smallest absolute Gasteiger partial charge is 0.336 e. The van der Waals surface area contributed by atoms with E-state index in [2.05, 4.69) is 10.6 Å². The highest BCUT2D eigenvalue weighted by Gasteiger charge is 2.12. The number of hydrogen-bond acceptors (Lipinski definition) is 3. The Morgan fingerprint density at radius 3 is 2.50 bits per heavy atom. The first kappa shape index (κ1) is 14.2. The first-order valence-corrected chi connectivity index (χ1v) is 5.74. The van der Waals surface area contributed by atoms with Crippen LogP contribution >= 0.6 is 0 Å². The van der Waals surface area contributed by atoms with Crippen LogP contribution in [0.5, 0.6) is 0 Å². The Kier molecular flexibility index (Phi) is 4.85. The third-order valence-electron chi connectivity index (χ3n) is 2.78. The van der Waals surface area contributed by atoms with Gasteiger partial charge in [0.05, 0.1) is 5.56 Å². The van der Waals surface area contributed by atoms with Crippen molar-refractivity contribution in [1.29, 1.82) is 0 Å². The maximum atomic E-state index is 11.6. The Balaban J connectivity index is 2.90. The quantitative estimate of drug-likeness (QED) is 0.741. The third kappa shape index (κ3) is 3.56. The second kappa shape index (κ2) is 6.16. The Morgan fingerprint density at radius 2 is 1.94 bits per heavy atom. The fourth-order valence-corrected chi connectivity index (χ4v) is 1.62. The summed E-state index contributed by atoms with van der Waals surface area (Å²) in [7, 11) is 1.77. The number of hydrogen-bond donors (Lipinski definition) is 3. The molecule has 0 radical (unpaired) electrons. The number of carboxylic acids is 1. The lowest BCUT2D eigenvalue weighted by atomic mass is 10.0. The number of aromatic carboxylic acids is 1. The van der Waals surface area contributed by atoms with E-state index in [0.717, 1.165) is 11.1 Å². The normalized spacial score (nSPS) is 10.2. The molecule has 98 valence electrons. The van der Waals surface area contributed by atoms with Crippen molar-refractivity contribution in [3.05, 3.63) is 28.8 Å². The van der Waals surface area contributed by atoms with E-state index in [9.17, 15) is 9.59 Å². The van der Waals surface area contributed by atoms with E-state index in [1.807, 2.05) is 6.92 Å². The van der Waals surface area contributed by atoms with E-state index in [0.29, 0.717) is 18.7 Å². The number of anilines is 1. The summed E-state index contributed by atoms with van der Waals surface area (Å²) in [6, 6.07) is 3.26. The number of benzene rings is 1. The SMILES string of the molecule is CNCCC(=O)Nc1cc(C)c(C)c(C(=O)O)c1. The molecular formula is C13H18N2O3. The van der Waals surface area contributed by atoms with E-state index in [-0.39, 0.29) is 11.5 Å². The fraction of sp³-hybridized carbons (Fsp3) is 0.385. The van der Waals surface area contributed by atoms with Crippen molar-refractivity contribution in [2.45, 2.75) is 20.3 Å². The molecule has 0 aliphatic carbocycles. The molecule has 0 bridgehead atoms. The molecule has 0 aliphatic rings. The monoisotopic (exact) mass is 250 g/mol. The molecule has 5 heteroatoms. The standard InChI is InChI=1S/C13H18N2O3/c1-8-6-10(15-12(16)4-5-14-3)7-11(9(8)2)13(17)18/h6-7,14H,4-5H2,1-3H3,(H,15,16)(H,17,18). The predicted molar refractivity (Wildman–Crippen MR) is 70.0 cm³/mol. The van der Waals surface area contributed by atoms with Gasteiger partial charge in [0.15, 0.2) is 0 Å². The molecule has 0 heterocycles. The van der Waals surface area contributed by atoms with Crippen molar-refractivity contribution < 1.29 is 14.7 Å². The number of rotatable bonds is 5. The Hall–Kier alpha value is -1.88. The maximum absolute atomic E-state index is 11.6. The van der Waals surface area contributed by atoms with Gasteiger partial charge in [-0.2, -0.15) is 0 Å². The largest absolute Gasteiger partial charge is 0.478 e. The van der Waals surface area contributed by atoms with Gasteiger partial charge >= 0.3 is 5.97 Å². The minimum absolute atomic E-state index is 0.135. The second-order valence-corrected chi connectivity index (χ2v) is 4.17. The van der Waals surface area contributed by atoms with E-state index in [4.69, 9.17) is 5.11 Å². The van der Waals surface area contributed by atoms with Gasteiger partial charge in [0.2, 0.25) is 5.91 Å². The highest BCUT2D eigenvalue weighted by atomic mass is 16.4. The molecule has 0 spiro atoms. The fourth-order valence-electron chi connectivity index (χ4n) is 1.62. The number of amides is 1. The summed E-state index contributed by atoms with van der Waals surface area (Å²) in [6.45, 7) is 4.17. The average molecular weight is 250 g/mol. The molecular weight excluding hydrogens is 232 g/mol. The molecule has 0 fully saturated rings. The number of nitrogens with one attached hydrogen (secondary N) is 2. The van der Waals surface area contributed by atoms with Crippen molar-refractivity contribution in [3.8, 4) is 0 Å². The number of carbonyl (C=O) groups excluding carboxylic acids is 1. The van der Waals surface area contributed by atoms with Gasteiger partial charge in [0.1, 0.15) is 0 Å². The van der Waals surface area contributed by atoms with Gasteiger partial charge < -0.3 is 15.7 Å². The van der Waals surface area contributed by atoms with Gasteiger partial charge in [0, 0.05) is 18.7 Å².